The van der Waals surface area contributed by atoms with Crippen molar-refractivity contribution < 1.29 is 4.74 Å². The first-order valence-corrected chi connectivity index (χ1v) is 4.00. The largest absolute Gasteiger partial charge is 0.497 e. The fourth-order valence-electron chi connectivity index (χ4n) is 1.10. The first kappa shape index (κ1) is 9.61. The Bertz CT molecular complexity index is 310. The third kappa shape index (κ3) is 2.00. The van der Waals surface area contributed by atoms with Gasteiger partial charge >= 0.3 is 0 Å². The third-order valence-electron chi connectivity index (χ3n) is 1.91. The van der Waals surface area contributed by atoms with Gasteiger partial charge in [-0.25, -0.2) is 0 Å². The molecular weight excluding hydrogens is 164 g/mol. The number of nitrogens with two attached hydrogens (primary N) is 2. The average Bonchev–Trinajstić information content (AvgIpc) is 2.17. The molecule has 0 amide bonds. The van der Waals surface area contributed by atoms with Gasteiger partial charge in [-0.3, -0.25) is 0 Å². The van der Waals surface area contributed by atoms with Crippen molar-refractivity contribution in [1.82, 2.24) is 0 Å². The number of benzene rings is 1. The number of nitrogen functional groups attached to an aromatic ring is 1. The second-order valence-electron chi connectivity index (χ2n) is 2.76. The number of rotatable bonds is 3. The van der Waals surface area contributed by atoms with Crippen LogP contribution in [-0.4, -0.2) is 7.11 Å². The van der Waals surface area contributed by atoms with Crippen LogP contribution in [0.3, 0.4) is 0 Å². The second-order valence-corrected chi connectivity index (χ2v) is 2.76. The van der Waals surface area contributed by atoms with Gasteiger partial charge in [-0.2, -0.15) is 0 Å². The van der Waals surface area contributed by atoms with Gasteiger partial charge in [0.25, 0.3) is 0 Å². The molecule has 0 radical (unpaired) electrons. The van der Waals surface area contributed by atoms with E-state index in [1.807, 2.05) is 6.07 Å². The Morgan fingerprint density at radius 1 is 1.54 bits per heavy atom. The lowest BCUT2D eigenvalue weighted by molar-refractivity contribution is 0.414. The summed E-state index contributed by atoms with van der Waals surface area (Å²) in [6, 6.07) is 5.16. The van der Waals surface area contributed by atoms with E-state index in [4.69, 9.17) is 16.2 Å². The van der Waals surface area contributed by atoms with E-state index < -0.39 is 0 Å². The first-order chi connectivity index (χ1) is 6.19. The highest BCUT2D eigenvalue weighted by Crippen LogP contribution is 2.24. The lowest BCUT2D eigenvalue weighted by atomic mass is 10.1. The third-order valence-corrected chi connectivity index (χ3v) is 1.91. The molecule has 0 fully saturated rings. The van der Waals surface area contributed by atoms with Crippen LogP contribution in [0, 0.1) is 0 Å². The summed E-state index contributed by atoms with van der Waals surface area (Å²) in [7, 11) is 1.61. The number of anilines is 1. The first-order valence-electron chi connectivity index (χ1n) is 4.00. The zero-order valence-electron chi connectivity index (χ0n) is 7.66. The fourth-order valence-corrected chi connectivity index (χ4v) is 1.10. The van der Waals surface area contributed by atoms with Crippen LogP contribution in [0.4, 0.5) is 5.69 Å². The smallest absolute Gasteiger partial charge is 0.119 e. The number of hydrogen-bond donors (Lipinski definition) is 2. The van der Waals surface area contributed by atoms with E-state index in [-0.39, 0.29) is 6.04 Å². The highest BCUT2D eigenvalue weighted by atomic mass is 16.5. The van der Waals surface area contributed by atoms with Crippen LogP contribution in [0.25, 0.3) is 0 Å². The Kier molecular flexibility index (Phi) is 2.93. The number of ether oxygens (including phenoxy) is 1. The van der Waals surface area contributed by atoms with Crippen molar-refractivity contribution in [1.29, 1.82) is 0 Å². The molecule has 0 aliphatic heterocycles. The Balaban J connectivity index is 3.10. The molecule has 1 aromatic rings. The van der Waals surface area contributed by atoms with Gasteiger partial charge in [-0.15, -0.1) is 6.58 Å². The highest BCUT2D eigenvalue weighted by Gasteiger charge is 2.06. The molecule has 0 saturated carbocycles. The van der Waals surface area contributed by atoms with Crippen LogP contribution in [-0.2, 0) is 0 Å². The van der Waals surface area contributed by atoms with Crippen molar-refractivity contribution in [2.75, 3.05) is 12.8 Å². The molecule has 4 N–H and O–H groups in total. The Morgan fingerprint density at radius 3 is 2.77 bits per heavy atom. The molecule has 1 aromatic carbocycles. The molecule has 0 spiro atoms. The normalized spacial score (nSPS) is 12.2. The van der Waals surface area contributed by atoms with Gasteiger partial charge in [0.1, 0.15) is 5.75 Å². The Morgan fingerprint density at radius 2 is 2.23 bits per heavy atom. The molecule has 3 nitrogen and oxygen atoms in total. The number of methoxy groups -OCH3 is 1. The highest BCUT2D eigenvalue weighted by molar-refractivity contribution is 5.52. The van der Waals surface area contributed by atoms with Crippen molar-refractivity contribution >= 4 is 5.69 Å². The molecule has 0 bridgehead atoms. The molecule has 1 rings (SSSR count). The van der Waals surface area contributed by atoms with Gasteiger partial charge in [0, 0.05) is 11.7 Å². The van der Waals surface area contributed by atoms with Crippen LogP contribution in [0.2, 0.25) is 0 Å². The Hall–Kier alpha value is -1.48. The topological polar surface area (TPSA) is 61.3 Å². The van der Waals surface area contributed by atoms with Crippen molar-refractivity contribution in [2.45, 2.75) is 6.04 Å². The summed E-state index contributed by atoms with van der Waals surface area (Å²) in [6.07, 6.45) is 1.64. The minimum atomic E-state index is -0.241. The molecule has 1 atom stereocenters. The van der Waals surface area contributed by atoms with Crippen molar-refractivity contribution in [2.24, 2.45) is 5.73 Å². The van der Waals surface area contributed by atoms with E-state index in [1.54, 1.807) is 25.3 Å². The molecule has 0 heterocycles. The van der Waals surface area contributed by atoms with Crippen LogP contribution in [0.1, 0.15) is 11.6 Å². The maximum Gasteiger partial charge on any atom is 0.119 e. The summed E-state index contributed by atoms with van der Waals surface area (Å²) in [5.41, 5.74) is 13.0. The lowest BCUT2D eigenvalue weighted by Crippen LogP contribution is -2.09. The monoisotopic (exact) mass is 178 g/mol. The van der Waals surface area contributed by atoms with Crippen molar-refractivity contribution in [3.05, 3.63) is 36.4 Å². The molecule has 3 heteroatoms. The summed E-state index contributed by atoms with van der Waals surface area (Å²) >= 11 is 0. The predicted octanol–water partition coefficient (Wildman–Crippen LogP) is 1.46. The van der Waals surface area contributed by atoms with Gasteiger partial charge in [-0.05, 0) is 23.8 Å². The van der Waals surface area contributed by atoms with Crippen LogP contribution in [0.5, 0.6) is 5.75 Å². The van der Waals surface area contributed by atoms with Gasteiger partial charge in [0.15, 0.2) is 0 Å². The van der Waals surface area contributed by atoms with E-state index in [9.17, 15) is 0 Å². The summed E-state index contributed by atoms with van der Waals surface area (Å²) < 4.78 is 5.06. The molecule has 0 aliphatic carbocycles. The average molecular weight is 178 g/mol. The van der Waals surface area contributed by atoms with E-state index in [1.165, 1.54) is 0 Å². The van der Waals surface area contributed by atoms with Crippen LogP contribution >= 0.6 is 0 Å². The van der Waals surface area contributed by atoms with E-state index in [2.05, 4.69) is 6.58 Å². The molecule has 13 heavy (non-hydrogen) atoms. The van der Waals surface area contributed by atoms with Crippen molar-refractivity contribution in [3.63, 3.8) is 0 Å². The lowest BCUT2D eigenvalue weighted by Gasteiger charge is -2.11. The molecule has 70 valence electrons. The summed E-state index contributed by atoms with van der Waals surface area (Å²) in [5.74, 6) is 0.751. The Labute approximate surface area is 78.0 Å². The SMILES string of the molecule is C=C[C@@H](N)c1cc(OC)ccc1N. The minimum absolute atomic E-state index is 0.241. The molecule has 0 aliphatic rings. The van der Waals surface area contributed by atoms with Crippen LogP contribution < -0.4 is 16.2 Å². The van der Waals surface area contributed by atoms with Gasteiger partial charge in [-0.1, -0.05) is 6.08 Å². The van der Waals surface area contributed by atoms with Gasteiger partial charge < -0.3 is 16.2 Å². The molecule has 0 aromatic heterocycles. The summed E-state index contributed by atoms with van der Waals surface area (Å²) in [4.78, 5) is 0. The van der Waals surface area contributed by atoms with Gasteiger partial charge in [0.2, 0.25) is 0 Å². The minimum Gasteiger partial charge on any atom is -0.497 e. The molecule has 0 saturated heterocycles. The fraction of sp³-hybridized carbons (Fsp3) is 0.200. The maximum atomic E-state index is 5.77. The van der Waals surface area contributed by atoms with Gasteiger partial charge in [0.05, 0.1) is 7.11 Å². The van der Waals surface area contributed by atoms with Crippen LogP contribution in [0.15, 0.2) is 30.9 Å². The standard InChI is InChI=1S/C10H14N2O/c1-3-9(11)8-6-7(13-2)4-5-10(8)12/h3-6,9H,1,11-12H2,2H3/t9-/m1/s1. The second kappa shape index (κ2) is 3.96. The number of hydrogen-bond acceptors (Lipinski definition) is 3. The van der Waals surface area contributed by atoms with E-state index >= 15 is 0 Å². The quantitative estimate of drug-likeness (QED) is 0.544. The van der Waals surface area contributed by atoms with E-state index in [0.717, 1.165) is 11.3 Å². The maximum absolute atomic E-state index is 5.77. The van der Waals surface area contributed by atoms with E-state index in [0.29, 0.717) is 5.69 Å². The van der Waals surface area contributed by atoms with Crippen molar-refractivity contribution in [3.8, 4) is 5.75 Å². The zero-order valence-corrected chi connectivity index (χ0v) is 7.66. The summed E-state index contributed by atoms with van der Waals surface area (Å²) in [5, 5.41) is 0. The molecule has 0 unspecified atom stereocenters. The zero-order chi connectivity index (χ0) is 9.84. The predicted molar refractivity (Wildman–Crippen MR) is 54.5 cm³/mol. The molecular formula is C10H14N2O. The summed E-state index contributed by atoms with van der Waals surface area (Å²) in [6.45, 7) is 3.61.